The highest BCUT2D eigenvalue weighted by atomic mass is 35.5. The van der Waals surface area contributed by atoms with Crippen LogP contribution in [0.5, 0.6) is 0 Å². The molecular weight excluding hydrogens is 206 g/mol. The molecule has 72 valence electrons. The van der Waals surface area contributed by atoms with Crippen LogP contribution in [0.15, 0.2) is 23.1 Å². The largest absolute Gasteiger partial charge is 0.398 e. The van der Waals surface area contributed by atoms with Crippen LogP contribution >= 0.6 is 23.4 Å². The van der Waals surface area contributed by atoms with Crippen LogP contribution in [0.2, 0.25) is 5.02 Å². The summed E-state index contributed by atoms with van der Waals surface area (Å²) in [6.07, 6.45) is -0.319. The zero-order valence-electron chi connectivity index (χ0n) is 7.33. The summed E-state index contributed by atoms with van der Waals surface area (Å²) in [6, 6.07) is 5.37. The van der Waals surface area contributed by atoms with Crippen molar-refractivity contribution in [3.05, 3.63) is 23.2 Å². The van der Waals surface area contributed by atoms with Crippen molar-refractivity contribution in [2.24, 2.45) is 0 Å². The third kappa shape index (κ3) is 3.46. The monoisotopic (exact) mass is 217 g/mol. The van der Waals surface area contributed by atoms with Crippen LogP contribution in [0.1, 0.15) is 6.92 Å². The van der Waals surface area contributed by atoms with Crippen molar-refractivity contribution in [1.82, 2.24) is 0 Å². The van der Waals surface area contributed by atoms with E-state index in [4.69, 9.17) is 22.4 Å². The van der Waals surface area contributed by atoms with Gasteiger partial charge in [-0.3, -0.25) is 0 Å². The van der Waals surface area contributed by atoms with Gasteiger partial charge >= 0.3 is 0 Å². The van der Waals surface area contributed by atoms with Crippen molar-refractivity contribution in [2.45, 2.75) is 17.9 Å². The minimum absolute atomic E-state index is 0.319. The number of nitrogen functional groups attached to an aromatic ring is 1. The number of benzene rings is 1. The number of thioether (sulfide) groups is 1. The first-order valence-electron chi connectivity index (χ1n) is 3.95. The maximum absolute atomic E-state index is 9.07. The van der Waals surface area contributed by atoms with E-state index in [0.717, 1.165) is 4.90 Å². The third-order valence-corrected chi connectivity index (χ3v) is 3.02. The summed E-state index contributed by atoms with van der Waals surface area (Å²) < 4.78 is 0. The van der Waals surface area contributed by atoms with Crippen LogP contribution in [-0.2, 0) is 0 Å². The van der Waals surface area contributed by atoms with Crippen LogP contribution in [-0.4, -0.2) is 17.0 Å². The van der Waals surface area contributed by atoms with Crippen molar-refractivity contribution < 1.29 is 5.11 Å². The Morgan fingerprint density at radius 2 is 2.31 bits per heavy atom. The number of halogens is 1. The molecule has 0 radical (unpaired) electrons. The first-order chi connectivity index (χ1) is 6.09. The number of anilines is 1. The molecule has 1 unspecified atom stereocenters. The molecule has 0 spiro atoms. The molecule has 1 atom stereocenters. The maximum atomic E-state index is 9.07. The van der Waals surface area contributed by atoms with Gasteiger partial charge < -0.3 is 10.8 Å². The van der Waals surface area contributed by atoms with Gasteiger partial charge in [0.1, 0.15) is 0 Å². The highest BCUT2D eigenvalue weighted by Crippen LogP contribution is 2.27. The van der Waals surface area contributed by atoms with E-state index >= 15 is 0 Å². The lowest BCUT2D eigenvalue weighted by Crippen LogP contribution is -2.02. The second kappa shape index (κ2) is 4.74. The molecule has 0 saturated carbocycles. The van der Waals surface area contributed by atoms with E-state index in [1.165, 1.54) is 11.8 Å². The van der Waals surface area contributed by atoms with Crippen LogP contribution in [0.25, 0.3) is 0 Å². The lowest BCUT2D eigenvalue weighted by molar-refractivity contribution is 0.220. The van der Waals surface area contributed by atoms with Gasteiger partial charge in [0.05, 0.1) is 6.10 Å². The number of rotatable bonds is 3. The Labute approximate surface area is 87.1 Å². The summed E-state index contributed by atoms with van der Waals surface area (Å²) in [5.74, 6) is 0.645. The van der Waals surface area contributed by atoms with E-state index in [1.807, 2.05) is 6.07 Å². The molecule has 13 heavy (non-hydrogen) atoms. The van der Waals surface area contributed by atoms with Crippen LogP contribution in [0.3, 0.4) is 0 Å². The highest BCUT2D eigenvalue weighted by molar-refractivity contribution is 7.99. The molecule has 3 N–H and O–H groups in total. The summed E-state index contributed by atoms with van der Waals surface area (Å²) in [4.78, 5) is 0.963. The van der Waals surface area contributed by atoms with Crippen LogP contribution in [0.4, 0.5) is 5.69 Å². The van der Waals surface area contributed by atoms with Gasteiger partial charge in [-0.05, 0) is 25.1 Å². The van der Waals surface area contributed by atoms with Gasteiger partial charge in [-0.2, -0.15) is 0 Å². The van der Waals surface area contributed by atoms with E-state index in [-0.39, 0.29) is 6.10 Å². The fourth-order valence-electron chi connectivity index (χ4n) is 0.861. The number of aliphatic hydroxyl groups excluding tert-OH is 1. The zero-order chi connectivity index (χ0) is 9.84. The van der Waals surface area contributed by atoms with Gasteiger partial charge in [-0.1, -0.05) is 11.6 Å². The lowest BCUT2D eigenvalue weighted by Gasteiger charge is -2.06. The second-order valence-electron chi connectivity index (χ2n) is 2.84. The Kier molecular flexibility index (Phi) is 3.90. The Morgan fingerprint density at radius 1 is 1.62 bits per heavy atom. The molecule has 0 aliphatic heterocycles. The van der Waals surface area contributed by atoms with E-state index in [2.05, 4.69) is 0 Å². The average Bonchev–Trinajstić information content (AvgIpc) is 2.02. The van der Waals surface area contributed by atoms with Crippen LogP contribution < -0.4 is 5.73 Å². The fraction of sp³-hybridized carbons (Fsp3) is 0.333. The molecule has 0 heterocycles. The predicted octanol–water partition coefficient (Wildman–Crippen LogP) is 2.40. The fourth-order valence-corrected chi connectivity index (χ4v) is 1.85. The molecule has 0 fully saturated rings. The number of aliphatic hydroxyl groups is 1. The van der Waals surface area contributed by atoms with Crippen molar-refractivity contribution in [3.8, 4) is 0 Å². The quantitative estimate of drug-likeness (QED) is 0.604. The van der Waals surface area contributed by atoms with Gasteiger partial charge in [-0.25, -0.2) is 0 Å². The maximum Gasteiger partial charge on any atom is 0.0606 e. The molecule has 2 nitrogen and oxygen atoms in total. The third-order valence-electron chi connectivity index (χ3n) is 1.45. The second-order valence-corrected chi connectivity index (χ2v) is 4.34. The molecular formula is C9H12ClNOS. The summed E-state index contributed by atoms with van der Waals surface area (Å²) in [5.41, 5.74) is 6.39. The summed E-state index contributed by atoms with van der Waals surface area (Å²) in [5, 5.41) is 9.71. The van der Waals surface area contributed by atoms with Gasteiger partial charge in [-0.15, -0.1) is 11.8 Å². The molecule has 0 bridgehead atoms. The van der Waals surface area contributed by atoms with E-state index < -0.39 is 0 Å². The molecule has 0 aliphatic rings. The number of nitrogens with two attached hydrogens (primary N) is 1. The molecule has 1 aromatic rings. The highest BCUT2D eigenvalue weighted by Gasteiger charge is 2.02. The average molecular weight is 218 g/mol. The van der Waals surface area contributed by atoms with Crippen molar-refractivity contribution in [1.29, 1.82) is 0 Å². The normalized spacial score (nSPS) is 12.8. The number of hydrogen-bond acceptors (Lipinski definition) is 3. The van der Waals surface area contributed by atoms with Gasteiger partial charge in [0, 0.05) is 21.4 Å². The number of hydrogen-bond donors (Lipinski definition) is 2. The molecule has 1 aromatic carbocycles. The smallest absolute Gasteiger partial charge is 0.0606 e. The Morgan fingerprint density at radius 3 is 2.85 bits per heavy atom. The van der Waals surface area contributed by atoms with Crippen molar-refractivity contribution in [2.75, 3.05) is 11.5 Å². The van der Waals surface area contributed by atoms with Gasteiger partial charge in [0.25, 0.3) is 0 Å². The molecule has 0 aliphatic carbocycles. The Hall–Kier alpha value is -0.380. The summed E-state index contributed by atoms with van der Waals surface area (Å²) in [7, 11) is 0. The minimum Gasteiger partial charge on any atom is -0.398 e. The predicted molar refractivity (Wildman–Crippen MR) is 58.3 cm³/mol. The molecule has 0 amide bonds. The van der Waals surface area contributed by atoms with Gasteiger partial charge in [0.2, 0.25) is 0 Å². The molecule has 4 heteroatoms. The van der Waals surface area contributed by atoms with E-state index in [1.54, 1.807) is 19.1 Å². The van der Waals surface area contributed by atoms with Crippen LogP contribution in [0, 0.1) is 0 Å². The van der Waals surface area contributed by atoms with E-state index in [0.29, 0.717) is 16.5 Å². The Bertz CT molecular complexity index is 291. The minimum atomic E-state index is -0.319. The van der Waals surface area contributed by atoms with Crippen molar-refractivity contribution in [3.63, 3.8) is 0 Å². The SMILES string of the molecule is CC(O)CSc1ccc(Cl)cc1N. The Balaban J connectivity index is 2.67. The molecule has 0 saturated heterocycles. The first-order valence-corrected chi connectivity index (χ1v) is 5.32. The summed E-state index contributed by atoms with van der Waals surface area (Å²) in [6.45, 7) is 1.75. The molecule has 0 aromatic heterocycles. The summed E-state index contributed by atoms with van der Waals surface area (Å²) >= 11 is 7.27. The lowest BCUT2D eigenvalue weighted by atomic mass is 10.3. The van der Waals surface area contributed by atoms with Crippen molar-refractivity contribution >= 4 is 29.1 Å². The topological polar surface area (TPSA) is 46.2 Å². The first kappa shape index (κ1) is 10.7. The molecule has 1 rings (SSSR count). The van der Waals surface area contributed by atoms with E-state index in [9.17, 15) is 0 Å². The standard InChI is InChI=1S/C9H12ClNOS/c1-6(12)5-13-9-3-2-7(10)4-8(9)11/h2-4,6,12H,5,11H2,1H3. The zero-order valence-corrected chi connectivity index (χ0v) is 8.90. The van der Waals surface area contributed by atoms with Gasteiger partial charge in [0.15, 0.2) is 0 Å².